The Balaban J connectivity index is 1.14. The number of benzene rings is 10. The summed E-state index contributed by atoms with van der Waals surface area (Å²) in [5, 5.41) is 1.82. The first-order chi connectivity index (χ1) is 34.9. The fraction of sp³-hybridized carbons (Fsp3) is 0. The Labute approximate surface area is 376 Å². The maximum Gasteiger partial charge on any atom is 0.0629 e. The summed E-state index contributed by atoms with van der Waals surface area (Å²) in [4.78, 5) is 2.29. The average Bonchev–Trinajstić information content (AvgIpc) is 3.75. The van der Waals surface area contributed by atoms with Gasteiger partial charge in [-0.3, -0.25) is 0 Å². The van der Waals surface area contributed by atoms with Gasteiger partial charge in [0.2, 0.25) is 0 Å². The Morgan fingerprint density at radius 1 is 0.323 bits per heavy atom. The molecule has 0 N–H and O–H groups in total. The zero-order chi connectivity index (χ0) is 49.9. The number of hydrogen-bond acceptors (Lipinski definition) is 1. The largest absolute Gasteiger partial charge is 0.310 e. The van der Waals surface area contributed by atoms with E-state index in [0.717, 1.165) is 72.2 Å². The van der Waals surface area contributed by atoms with Gasteiger partial charge in [-0.25, -0.2) is 0 Å². The van der Waals surface area contributed by atoms with E-state index in [1.165, 1.54) is 0 Å². The van der Waals surface area contributed by atoms with Gasteiger partial charge in [-0.1, -0.05) is 200 Å². The van der Waals surface area contributed by atoms with Gasteiger partial charge in [0.15, 0.2) is 0 Å². The molecule has 10 aromatic carbocycles. The van der Waals surface area contributed by atoms with Crippen LogP contribution in [0.4, 0.5) is 17.1 Å². The Hall–Kier alpha value is -8.20. The van der Waals surface area contributed by atoms with E-state index >= 15 is 0 Å². The van der Waals surface area contributed by atoms with Crippen LogP contribution < -0.4 is 4.90 Å². The van der Waals surface area contributed by atoms with Gasteiger partial charge in [-0.15, -0.1) is 0 Å². The Bertz CT molecular complexity index is 3890. The molecule has 0 radical (unpaired) electrons. The van der Waals surface area contributed by atoms with Crippen LogP contribution in [-0.2, 0) is 0 Å². The van der Waals surface area contributed by atoms with Crippen LogP contribution in [0.2, 0.25) is 0 Å². The van der Waals surface area contributed by atoms with E-state index in [1.54, 1.807) is 18.2 Å². The molecule has 0 unspecified atom stereocenters. The SMILES string of the molecule is [2H]c1c([2H])c([2H])c(-c2ccc(-n3c4ccccc4c4ccc(-c5ccccc5-c5ccccc5N(c5ccccc5)c5cccc(-c6ccccc6)c5)cc43)c(-c3c([2H])c([2H])c([2H])c([2H])c3[2H])c2)c([2H])c1[2H]. The Morgan fingerprint density at radius 2 is 0.903 bits per heavy atom. The van der Waals surface area contributed by atoms with E-state index in [9.17, 15) is 2.74 Å². The standard InChI is InChI=1S/C60H42N2/c1-5-20-43(21-6-1)46-26-19-29-50(40-46)61(49-27-11-4-12-28-49)57-34-17-15-32-53(57)52-31-14-13-30-51(52)48-36-38-55-54-33-16-18-35-58(54)62(60(55)42-48)59-39-37-47(44-22-7-2-8-23-44)41-56(59)45-24-9-3-10-25-45/h1-42H/i2D,3D,7D,8D,9D,10D,22D,23D,24D,25D. The topological polar surface area (TPSA) is 8.17 Å². The number of aromatic nitrogens is 1. The lowest BCUT2D eigenvalue weighted by Gasteiger charge is -2.28. The number of para-hydroxylation sites is 3. The molecule has 2 nitrogen and oxygen atoms in total. The second-order valence-electron chi connectivity index (χ2n) is 15.0. The molecule has 0 saturated carbocycles. The summed E-state index contributed by atoms with van der Waals surface area (Å²) in [6.07, 6.45) is 0. The van der Waals surface area contributed by atoms with E-state index in [2.05, 4.69) is 108 Å². The molecular weight excluding hydrogens is 749 g/mol. The quantitative estimate of drug-likeness (QED) is 0.141. The summed E-state index contributed by atoms with van der Waals surface area (Å²) >= 11 is 0. The minimum Gasteiger partial charge on any atom is -0.310 e. The lowest BCUT2D eigenvalue weighted by molar-refractivity contribution is 1.18. The van der Waals surface area contributed by atoms with Gasteiger partial charge in [0, 0.05) is 33.3 Å². The van der Waals surface area contributed by atoms with Gasteiger partial charge < -0.3 is 9.47 Å². The summed E-state index contributed by atoms with van der Waals surface area (Å²) in [5.74, 6) is 0. The van der Waals surface area contributed by atoms with Crippen LogP contribution in [0.25, 0.3) is 83.1 Å². The van der Waals surface area contributed by atoms with E-state index in [0.29, 0.717) is 5.69 Å². The van der Waals surface area contributed by atoms with Crippen molar-refractivity contribution in [3.05, 3.63) is 255 Å². The van der Waals surface area contributed by atoms with Crippen molar-refractivity contribution in [3.8, 4) is 61.3 Å². The van der Waals surface area contributed by atoms with Gasteiger partial charge in [-0.05, 0) is 99.1 Å². The molecule has 0 bridgehead atoms. The predicted octanol–water partition coefficient (Wildman–Crippen LogP) is 16.6. The fourth-order valence-corrected chi connectivity index (χ4v) is 8.59. The lowest BCUT2D eigenvalue weighted by Crippen LogP contribution is -2.11. The molecule has 11 rings (SSSR count). The average molecular weight is 801 g/mol. The first-order valence-corrected chi connectivity index (χ1v) is 20.4. The van der Waals surface area contributed by atoms with Crippen molar-refractivity contribution >= 4 is 38.9 Å². The minimum atomic E-state index is -0.550. The summed E-state index contributed by atoms with van der Waals surface area (Å²) in [7, 11) is 0. The molecule has 1 heterocycles. The third kappa shape index (κ3) is 6.74. The van der Waals surface area contributed by atoms with Crippen molar-refractivity contribution in [3.63, 3.8) is 0 Å². The molecule has 0 saturated heterocycles. The van der Waals surface area contributed by atoms with Crippen molar-refractivity contribution in [2.24, 2.45) is 0 Å². The van der Waals surface area contributed by atoms with Gasteiger partial charge in [0.25, 0.3) is 0 Å². The molecule has 0 aliphatic heterocycles. The molecule has 1 aromatic heterocycles. The van der Waals surface area contributed by atoms with Crippen LogP contribution in [0.1, 0.15) is 13.7 Å². The van der Waals surface area contributed by atoms with Crippen LogP contribution in [-0.4, -0.2) is 4.57 Å². The number of hydrogen-bond donors (Lipinski definition) is 0. The maximum atomic E-state index is 9.19. The van der Waals surface area contributed by atoms with Crippen LogP contribution in [0.3, 0.4) is 0 Å². The molecule has 0 amide bonds. The van der Waals surface area contributed by atoms with Crippen molar-refractivity contribution in [1.29, 1.82) is 0 Å². The molecule has 11 aromatic rings. The summed E-state index contributed by atoms with van der Waals surface area (Å²) in [6.45, 7) is 0. The van der Waals surface area contributed by atoms with Crippen molar-refractivity contribution in [2.75, 3.05) is 4.90 Å². The zero-order valence-corrected chi connectivity index (χ0v) is 33.4. The van der Waals surface area contributed by atoms with Crippen LogP contribution >= 0.6 is 0 Å². The monoisotopic (exact) mass is 800 g/mol. The highest BCUT2D eigenvalue weighted by Gasteiger charge is 2.21. The zero-order valence-electron chi connectivity index (χ0n) is 43.4. The first-order valence-electron chi connectivity index (χ1n) is 25.4. The second kappa shape index (κ2) is 16.1. The molecule has 292 valence electrons. The van der Waals surface area contributed by atoms with E-state index < -0.39 is 60.4 Å². The summed E-state index contributed by atoms with van der Waals surface area (Å²) in [6, 6.07) is 60.2. The highest BCUT2D eigenvalue weighted by molar-refractivity contribution is 6.11. The summed E-state index contributed by atoms with van der Waals surface area (Å²) in [5.41, 5.74) is 11.3. The summed E-state index contributed by atoms with van der Waals surface area (Å²) < 4.78 is 89.1. The molecule has 2 heteroatoms. The second-order valence-corrected chi connectivity index (χ2v) is 15.0. The number of fused-ring (bicyclic) bond motifs is 3. The van der Waals surface area contributed by atoms with E-state index in [1.807, 2.05) is 77.4 Å². The number of anilines is 3. The van der Waals surface area contributed by atoms with Crippen molar-refractivity contribution in [2.45, 2.75) is 0 Å². The maximum absolute atomic E-state index is 9.19. The fourth-order valence-electron chi connectivity index (χ4n) is 8.59. The lowest BCUT2D eigenvalue weighted by atomic mass is 9.92. The van der Waals surface area contributed by atoms with Gasteiger partial charge in [0.05, 0.1) is 36.1 Å². The Kier molecular flexibility index (Phi) is 7.15. The smallest absolute Gasteiger partial charge is 0.0629 e. The highest BCUT2D eigenvalue weighted by Crippen LogP contribution is 2.45. The third-order valence-corrected chi connectivity index (χ3v) is 11.4. The third-order valence-electron chi connectivity index (χ3n) is 11.4. The van der Waals surface area contributed by atoms with E-state index in [4.69, 9.17) is 11.0 Å². The van der Waals surface area contributed by atoms with Crippen LogP contribution in [0.15, 0.2) is 255 Å². The van der Waals surface area contributed by atoms with Crippen LogP contribution in [0.5, 0.6) is 0 Å². The minimum absolute atomic E-state index is 0.0720. The molecule has 62 heavy (non-hydrogen) atoms. The molecule has 0 aliphatic rings. The van der Waals surface area contributed by atoms with E-state index in [-0.39, 0.29) is 22.3 Å². The van der Waals surface area contributed by atoms with Gasteiger partial charge >= 0.3 is 0 Å². The van der Waals surface area contributed by atoms with Crippen molar-refractivity contribution < 1.29 is 13.7 Å². The first kappa shape index (κ1) is 27.5. The Morgan fingerprint density at radius 3 is 1.69 bits per heavy atom. The van der Waals surface area contributed by atoms with Gasteiger partial charge in [0.1, 0.15) is 0 Å². The number of rotatable bonds is 9. The molecule has 0 atom stereocenters. The normalized spacial score (nSPS) is 13.5. The van der Waals surface area contributed by atoms with Gasteiger partial charge in [-0.2, -0.15) is 0 Å². The highest BCUT2D eigenvalue weighted by atomic mass is 15.1. The molecule has 0 fully saturated rings. The molecule has 0 spiro atoms. The van der Waals surface area contributed by atoms with Crippen molar-refractivity contribution in [1.82, 2.24) is 4.57 Å². The molecule has 0 aliphatic carbocycles. The van der Waals surface area contributed by atoms with Crippen LogP contribution in [0, 0.1) is 0 Å². The predicted molar refractivity (Wildman–Crippen MR) is 263 cm³/mol. The number of nitrogens with zero attached hydrogens (tertiary/aromatic N) is 2. The molecular formula is C60H42N2.